The van der Waals surface area contributed by atoms with Crippen LogP contribution in [-0.2, 0) is 4.74 Å². The van der Waals surface area contributed by atoms with Crippen LogP contribution in [0.3, 0.4) is 0 Å². The Bertz CT molecular complexity index is 335. The third-order valence-electron chi connectivity index (χ3n) is 2.41. The van der Waals surface area contributed by atoms with Crippen LogP contribution < -0.4 is 11.3 Å². The molecule has 0 heterocycles. The minimum Gasteiger partial charge on any atom is -0.496 e. The molecular formula is C12H20F4N2O. The SMILES string of the molecule is CCCCO/C(C)=C(/C=C(\C(C)F)C(F)(F)F)NN. The van der Waals surface area contributed by atoms with Gasteiger partial charge in [0.05, 0.1) is 17.9 Å². The molecular weight excluding hydrogens is 264 g/mol. The molecule has 0 fully saturated rings. The van der Waals surface area contributed by atoms with Crippen LogP contribution in [-0.4, -0.2) is 19.0 Å². The van der Waals surface area contributed by atoms with Gasteiger partial charge >= 0.3 is 6.18 Å². The lowest BCUT2D eigenvalue weighted by atomic mass is 10.1. The Kier molecular flexibility index (Phi) is 7.51. The maximum atomic E-state index is 13.0. The van der Waals surface area contributed by atoms with E-state index in [1.807, 2.05) is 6.92 Å². The number of nitrogens with one attached hydrogen (secondary N) is 1. The Morgan fingerprint density at radius 1 is 1.42 bits per heavy atom. The van der Waals surface area contributed by atoms with E-state index in [1.165, 1.54) is 6.92 Å². The molecule has 112 valence electrons. The molecule has 0 amide bonds. The first-order valence-electron chi connectivity index (χ1n) is 5.97. The van der Waals surface area contributed by atoms with Gasteiger partial charge in [0.25, 0.3) is 0 Å². The number of hydrogen-bond donors (Lipinski definition) is 2. The molecule has 0 saturated heterocycles. The van der Waals surface area contributed by atoms with Crippen LogP contribution in [0, 0.1) is 0 Å². The average Bonchev–Trinajstić information content (AvgIpc) is 2.28. The first-order valence-corrected chi connectivity index (χ1v) is 5.97. The summed E-state index contributed by atoms with van der Waals surface area (Å²) in [7, 11) is 0. The molecule has 1 atom stereocenters. The summed E-state index contributed by atoms with van der Waals surface area (Å²) in [6, 6.07) is 0. The zero-order valence-electron chi connectivity index (χ0n) is 11.3. The van der Waals surface area contributed by atoms with Crippen molar-refractivity contribution in [3.05, 3.63) is 23.1 Å². The quantitative estimate of drug-likeness (QED) is 0.188. The third kappa shape index (κ3) is 6.47. The van der Waals surface area contributed by atoms with E-state index in [0.717, 1.165) is 19.8 Å². The molecule has 0 aromatic rings. The highest BCUT2D eigenvalue weighted by Crippen LogP contribution is 2.30. The van der Waals surface area contributed by atoms with Crippen LogP contribution >= 0.6 is 0 Å². The molecule has 0 aliphatic carbocycles. The van der Waals surface area contributed by atoms with Gasteiger partial charge in [-0.3, -0.25) is 5.84 Å². The van der Waals surface area contributed by atoms with Crippen LogP contribution in [0.1, 0.15) is 33.6 Å². The van der Waals surface area contributed by atoms with E-state index in [1.54, 1.807) is 0 Å². The molecule has 3 nitrogen and oxygen atoms in total. The Hall–Kier alpha value is -1.24. The number of hydrazine groups is 1. The maximum Gasteiger partial charge on any atom is 0.415 e. The second kappa shape index (κ2) is 8.04. The lowest BCUT2D eigenvalue weighted by molar-refractivity contribution is -0.0995. The minimum atomic E-state index is -4.75. The van der Waals surface area contributed by atoms with E-state index < -0.39 is 17.9 Å². The number of alkyl halides is 4. The summed E-state index contributed by atoms with van der Waals surface area (Å²) in [5.74, 6) is 5.34. The van der Waals surface area contributed by atoms with Gasteiger partial charge in [-0.25, -0.2) is 4.39 Å². The molecule has 0 radical (unpaired) electrons. The zero-order chi connectivity index (χ0) is 15.1. The number of allylic oxidation sites excluding steroid dienone is 3. The highest BCUT2D eigenvalue weighted by Gasteiger charge is 2.37. The molecule has 0 bridgehead atoms. The predicted octanol–water partition coefficient (Wildman–Crippen LogP) is 3.34. The summed E-state index contributed by atoms with van der Waals surface area (Å²) in [4.78, 5) is 0. The normalized spacial score (nSPS) is 15.9. The van der Waals surface area contributed by atoms with Gasteiger partial charge in [-0.15, -0.1) is 0 Å². The van der Waals surface area contributed by atoms with Crippen molar-refractivity contribution in [2.24, 2.45) is 5.84 Å². The van der Waals surface area contributed by atoms with Gasteiger partial charge in [0, 0.05) is 0 Å². The lowest BCUT2D eigenvalue weighted by Crippen LogP contribution is -2.25. The molecule has 0 aromatic carbocycles. The van der Waals surface area contributed by atoms with E-state index in [2.05, 4.69) is 5.43 Å². The summed E-state index contributed by atoms with van der Waals surface area (Å²) in [5.41, 5.74) is 0.701. The Labute approximate surface area is 110 Å². The van der Waals surface area contributed by atoms with Crippen LogP contribution in [0.4, 0.5) is 17.6 Å². The van der Waals surface area contributed by atoms with Gasteiger partial charge in [0.15, 0.2) is 0 Å². The van der Waals surface area contributed by atoms with Gasteiger partial charge in [0.2, 0.25) is 0 Å². The highest BCUT2D eigenvalue weighted by atomic mass is 19.4. The van der Waals surface area contributed by atoms with Gasteiger partial charge < -0.3 is 10.2 Å². The fourth-order valence-corrected chi connectivity index (χ4v) is 1.27. The van der Waals surface area contributed by atoms with Crippen molar-refractivity contribution in [3.8, 4) is 0 Å². The molecule has 0 spiro atoms. The third-order valence-corrected chi connectivity index (χ3v) is 2.41. The van der Waals surface area contributed by atoms with Crippen molar-refractivity contribution in [2.75, 3.05) is 6.61 Å². The number of ether oxygens (including phenoxy) is 1. The number of rotatable bonds is 7. The molecule has 0 saturated carbocycles. The topological polar surface area (TPSA) is 47.3 Å². The standard InChI is InChI=1S/C12H20F4N2O/c1-4-5-6-19-9(3)11(18-17)7-10(8(2)13)12(14,15)16/h7-8,18H,4-6,17H2,1-3H3/b10-7+,11-9-. The van der Waals surface area contributed by atoms with Crippen LogP contribution in [0.5, 0.6) is 0 Å². The Balaban J connectivity index is 5.16. The van der Waals surface area contributed by atoms with Gasteiger partial charge in [0.1, 0.15) is 11.9 Å². The van der Waals surface area contributed by atoms with Crippen LogP contribution in [0.25, 0.3) is 0 Å². The molecule has 1 unspecified atom stereocenters. The van der Waals surface area contributed by atoms with E-state index in [-0.39, 0.29) is 11.5 Å². The zero-order valence-corrected chi connectivity index (χ0v) is 11.3. The van der Waals surface area contributed by atoms with Crippen LogP contribution in [0.15, 0.2) is 23.1 Å². The van der Waals surface area contributed by atoms with E-state index >= 15 is 0 Å². The Morgan fingerprint density at radius 2 is 2.00 bits per heavy atom. The summed E-state index contributed by atoms with van der Waals surface area (Å²) in [6.45, 7) is 4.61. The molecule has 0 aliphatic rings. The fourth-order valence-electron chi connectivity index (χ4n) is 1.27. The summed E-state index contributed by atoms with van der Waals surface area (Å²) in [5, 5.41) is 0. The lowest BCUT2D eigenvalue weighted by Gasteiger charge is -2.15. The molecule has 0 aromatic heterocycles. The van der Waals surface area contributed by atoms with Crippen LogP contribution in [0.2, 0.25) is 0 Å². The molecule has 7 heteroatoms. The first-order chi connectivity index (χ1) is 8.73. The fraction of sp³-hybridized carbons (Fsp3) is 0.667. The van der Waals surface area contributed by atoms with Crippen molar-refractivity contribution in [1.82, 2.24) is 5.43 Å². The van der Waals surface area contributed by atoms with Gasteiger partial charge in [-0.05, 0) is 26.3 Å². The molecule has 3 N–H and O–H groups in total. The van der Waals surface area contributed by atoms with Crippen molar-refractivity contribution in [2.45, 2.75) is 46.0 Å². The molecule has 19 heavy (non-hydrogen) atoms. The van der Waals surface area contributed by atoms with E-state index in [9.17, 15) is 17.6 Å². The minimum absolute atomic E-state index is 0.0899. The number of hydrogen-bond acceptors (Lipinski definition) is 3. The number of halogens is 4. The van der Waals surface area contributed by atoms with Gasteiger partial charge in [-0.1, -0.05) is 13.3 Å². The van der Waals surface area contributed by atoms with Crippen molar-refractivity contribution < 1.29 is 22.3 Å². The molecule has 0 rings (SSSR count). The van der Waals surface area contributed by atoms with Crippen molar-refractivity contribution in [1.29, 1.82) is 0 Å². The second-order valence-corrected chi connectivity index (χ2v) is 4.03. The number of unbranched alkanes of at least 4 members (excludes halogenated alkanes) is 1. The van der Waals surface area contributed by atoms with Crippen molar-refractivity contribution in [3.63, 3.8) is 0 Å². The first kappa shape index (κ1) is 17.8. The number of nitrogens with two attached hydrogens (primary N) is 1. The Morgan fingerprint density at radius 3 is 2.37 bits per heavy atom. The summed E-state index contributed by atoms with van der Waals surface area (Å²) >= 11 is 0. The largest absolute Gasteiger partial charge is 0.496 e. The maximum absolute atomic E-state index is 13.0. The second-order valence-electron chi connectivity index (χ2n) is 4.03. The van der Waals surface area contributed by atoms with E-state index in [4.69, 9.17) is 10.6 Å². The monoisotopic (exact) mass is 284 g/mol. The summed E-state index contributed by atoms with van der Waals surface area (Å²) in [6.07, 6.45) is -4.60. The summed E-state index contributed by atoms with van der Waals surface area (Å²) < 4.78 is 56.0. The van der Waals surface area contributed by atoms with E-state index in [0.29, 0.717) is 12.7 Å². The van der Waals surface area contributed by atoms with Crippen molar-refractivity contribution >= 4 is 0 Å². The van der Waals surface area contributed by atoms with Gasteiger partial charge in [-0.2, -0.15) is 13.2 Å². The predicted molar refractivity (Wildman–Crippen MR) is 65.6 cm³/mol. The molecule has 0 aliphatic heterocycles. The highest BCUT2D eigenvalue weighted by molar-refractivity contribution is 5.28. The smallest absolute Gasteiger partial charge is 0.415 e. The average molecular weight is 284 g/mol.